The lowest BCUT2D eigenvalue weighted by molar-refractivity contribution is 0.0955. The second-order valence-corrected chi connectivity index (χ2v) is 5.32. The Bertz CT molecular complexity index is 841. The summed E-state index contributed by atoms with van der Waals surface area (Å²) in [5.41, 5.74) is 7.00. The summed E-state index contributed by atoms with van der Waals surface area (Å²) in [6, 6.07) is 21.2. The zero-order chi connectivity index (χ0) is 16.8. The number of hydrogen-bond acceptors (Lipinski definition) is 3. The fraction of sp³-hybridized carbons (Fsp3) is 0.0500. The largest absolute Gasteiger partial charge is 0.271 e. The van der Waals surface area contributed by atoms with E-state index < -0.39 is 0 Å². The predicted molar refractivity (Wildman–Crippen MR) is 95.8 cm³/mol. The molecule has 4 nitrogen and oxygen atoms in total. The van der Waals surface area contributed by atoms with E-state index in [0.29, 0.717) is 5.56 Å². The Labute approximate surface area is 140 Å². The molecule has 0 saturated heterocycles. The van der Waals surface area contributed by atoms with Crippen LogP contribution in [0.15, 0.2) is 84.2 Å². The van der Waals surface area contributed by atoms with Gasteiger partial charge in [0, 0.05) is 23.5 Å². The molecule has 0 unspecified atom stereocenters. The molecule has 118 valence electrons. The van der Waals surface area contributed by atoms with Gasteiger partial charge in [-0.2, -0.15) is 5.10 Å². The van der Waals surface area contributed by atoms with Gasteiger partial charge in [-0.05, 0) is 42.3 Å². The van der Waals surface area contributed by atoms with E-state index in [-0.39, 0.29) is 5.91 Å². The molecule has 1 N–H and O–H groups in total. The summed E-state index contributed by atoms with van der Waals surface area (Å²) in [4.78, 5) is 16.2. The average molecular weight is 315 g/mol. The highest BCUT2D eigenvalue weighted by molar-refractivity contribution is 6.00. The topological polar surface area (TPSA) is 54.4 Å². The highest BCUT2D eigenvalue weighted by atomic mass is 16.2. The third-order valence-electron chi connectivity index (χ3n) is 3.68. The van der Waals surface area contributed by atoms with Gasteiger partial charge >= 0.3 is 0 Å². The number of rotatable bonds is 4. The van der Waals surface area contributed by atoms with E-state index in [1.807, 2.05) is 61.5 Å². The number of carbonyl (C=O) groups is 1. The molecule has 0 saturated carbocycles. The number of nitrogens with one attached hydrogen (secondary N) is 1. The molecule has 0 aliphatic heterocycles. The van der Waals surface area contributed by atoms with Gasteiger partial charge in [-0.1, -0.05) is 42.5 Å². The van der Waals surface area contributed by atoms with Crippen molar-refractivity contribution in [1.82, 2.24) is 10.4 Å². The molecule has 0 bridgehead atoms. The van der Waals surface area contributed by atoms with Crippen molar-refractivity contribution in [3.8, 4) is 11.1 Å². The average Bonchev–Trinajstić information content (AvgIpc) is 2.67. The summed E-state index contributed by atoms with van der Waals surface area (Å²) < 4.78 is 0. The molecule has 1 amide bonds. The van der Waals surface area contributed by atoms with Crippen LogP contribution in [-0.4, -0.2) is 16.6 Å². The van der Waals surface area contributed by atoms with Crippen molar-refractivity contribution in [1.29, 1.82) is 0 Å². The molecule has 0 radical (unpaired) electrons. The molecule has 0 spiro atoms. The van der Waals surface area contributed by atoms with Gasteiger partial charge in [0.15, 0.2) is 0 Å². The van der Waals surface area contributed by atoms with E-state index in [4.69, 9.17) is 0 Å². The first-order chi connectivity index (χ1) is 11.7. The van der Waals surface area contributed by atoms with Gasteiger partial charge in [-0.3, -0.25) is 9.78 Å². The first-order valence-corrected chi connectivity index (χ1v) is 7.64. The normalized spacial score (nSPS) is 11.1. The second kappa shape index (κ2) is 7.33. The maximum atomic E-state index is 12.2. The predicted octanol–water partition coefficient (Wildman–Crippen LogP) is 3.90. The third kappa shape index (κ3) is 3.73. The molecule has 1 aromatic heterocycles. The molecule has 0 fully saturated rings. The van der Waals surface area contributed by atoms with Gasteiger partial charge in [0.25, 0.3) is 5.91 Å². The van der Waals surface area contributed by atoms with Gasteiger partial charge < -0.3 is 0 Å². The van der Waals surface area contributed by atoms with Gasteiger partial charge in [-0.15, -0.1) is 0 Å². The summed E-state index contributed by atoms with van der Waals surface area (Å²) in [6.07, 6.45) is 3.39. The van der Waals surface area contributed by atoms with Crippen LogP contribution in [0.1, 0.15) is 22.8 Å². The molecule has 1 heterocycles. The number of hydrazone groups is 1. The Hall–Kier alpha value is -3.27. The van der Waals surface area contributed by atoms with Crippen LogP contribution in [0, 0.1) is 0 Å². The van der Waals surface area contributed by atoms with E-state index in [9.17, 15) is 4.79 Å². The highest BCUT2D eigenvalue weighted by Gasteiger charge is 2.05. The zero-order valence-electron chi connectivity index (χ0n) is 13.3. The molecule has 24 heavy (non-hydrogen) atoms. The number of benzene rings is 2. The van der Waals surface area contributed by atoms with Crippen molar-refractivity contribution in [2.45, 2.75) is 6.92 Å². The van der Waals surface area contributed by atoms with Crippen molar-refractivity contribution in [2.75, 3.05) is 0 Å². The van der Waals surface area contributed by atoms with E-state index in [1.54, 1.807) is 24.5 Å². The molecule has 0 aliphatic carbocycles. The van der Waals surface area contributed by atoms with Crippen LogP contribution >= 0.6 is 0 Å². The van der Waals surface area contributed by atoms with Crippen molar-refractivity contribution < 1.29 is 4.79 Å². The molecule has 0 aliphatic rings. The van der Waals surface area contributed by atoms with Crippen molar-refractivity contribution >= 4 is 11.6 Å². The van der Waals surface area contributed by atoms with Crippen LogP contribution in [0.4, 0.5) is 0 Å². The Balaban J connectivity index is 1.70. The van der Waals surface area contributed by atoms with E-state index in [0.717, 1.165) is 22.4 Å². The minimum atomic E-state index is -0.233. The first kappa shape index (κ1) is 15.6. The molecule has 3 aromatic rings. The van der Waals surface area contributed by atoms with Crippen molar-refractivity contribution in [2.24, 2.45) is 5.10 Å². The standard InChI is InChI=1S/C20H17N3O/c1-15(16-11-13-21-14-12-16)22-23-20(24)19-9-7-18(8-10-19)17-5-3-2-4-6-17/h2-14H,1H3,(H,23,24). The smallest absolute Gasteiger partial charge is 0.267 e. The van der Waals surface area contributed by atoms with Crippen molar-refractivity contribution in [3.63, 3.8) is 0 Å². The lowest BCUT2D eigenvalue weighted by Gasteiger charge is -2.05. The second-order valence-electron chi connectivity index (χ2n) is 5.32. The monoisotopic (exact) mass is 315 g/mol. The third-order valence-corrected chi connectivity index (χ3v) is 3.68. The fourth-order valence-electron chi connectivity index (χ4n) is 2.30. The van der Waals surface area contributed by atoms with Crippen LogP contribution in [0.5, 0.6) is 0 Å². The number of carbonyl (C=O) groups excluding carboxylic acids is 1. The summed E-state index contributed by atoms with van der Waals surface area (Å²) in [7, 11) is 0. The number of aromatic nitrogens is 1. The summed E-state index contributed by atoms with van der Waals surface area (Å²) >= 11 is 0. The Morgan fingerprint density at radius 2 is 1.46 bits per heavy atom. The summed E-state index contributed by atoms with van der Waals surface area (Å²) in [5.74, 6) is -0.233. The molecular weight excluding hydrogens is 298 g/mol. The summed E-state index contributed by atoms with van der Waals surface area (Å²) in [5, 5.41) is 4.14. The van der Waals surface area contributed by atoms with Crippen molar-refractivity contribution in [3.05, 3.63) is 90.3 Å². The SMILES string of the molecule is CC(=NNC(=O)c1ccc(-c2ccccc2)cc1)c1ccncc1. The van der Waals surface area contributed by atoms with Gasteiger partial charge in [0.2, 0.25) is 0 Å². The Morgan fingerprint density at radius 1 is 0.833 bits per heavy atom. The van der Waals surface area contributed by atoms with Gasteiger partial charge in [0.05, 0.1) is 5.71 Å². The summed E-state index contributed by atoms with van der Waals surface area (Å²) in [6.45, 7) is 1.84. The van der Waals surface area contributed by atoms with Gasteiger partial charge in [0.1, 0.15) is 0 Å². The molecule has 4 heteroatoms. The lowest BCUT2D eigenvalue weighted by Crippen LogP contribution is -2.19. The highest BCUT2D eigenvalue weighted by Crippen LogP contribution is 2.19. The number of pyridine rings is 1. The maximum Gasteiger partial charge on any atom is 0.271 e. The van der Waals surface area contributed by atoms with Crippen LogP contribution in [-0.2, 0) is 0 Å². The first-order valence-electron chi connectivity index (χ1n) is 7.64. The van der Waals surface area contributed by atoms with Crippen LogP contribution in [0.3, 0.4) is 0 Å². The quantitative estimate of drug-likeness (QED) is 0.586. The minimum Gasteiger partial charge on any atom is -0.267 e. The molecule has 0 atom stereocenters. The maximum absolute atomic E-state index is 12.2. The molecular formula is C20H17N3O. The van der Waals surface area contributed by atoms with Crippen LogP contribution < -0.4 is 5.43 Å². The van der Waals surface area contributed by atoms with E-state index in [1.165, 1.54) is 0 Å². The van der Waals surface area contributed by atoms with Gasteiger partial charge in [-0.25, -0.2) is 5.43 Å². The minimum absolute atomic E-state index is 0.233. The van der Waals surface area contributed by atoms with E-state index in [2.05, 4.69) is 15.5 Å². The zero-order valence-corrected chi connectivity index (χ0v) is 13.3. The molecule has 3 rings (SSSR count). The van der Waals surface area contributed by atoms with E-state index >= 15 is 0 Å². The fourth-order valence-corrected chi connectivity index (χ4v) is 2.30. The lowest BCUT2D eigenvalue weighted by atomic mass is 10.0. The number of nitrogens with zero attached hydrogens (tertiary/aromatic N) is 2. The Kier molecular flexibility index (Phi) is 4.77. The number of hydrogen-bond donors (Lipinski definition) is 1. The van der Waals surface area contributed by atoms with Crippen LogP contribution in [0.25, 0.3) is 11.1 Å². The Morgan fingerprint density at radius 3 is 2.12 bits per heavy atom. The molecule has 2 aromatic carbocycles. The number of amides is 1. The van der Waals surface area contributed by atoms with Crippen LogP contribution in [0.2, 0.25) is 0 Å².